The van der Waals surface area contributed by atoms with E-state index in [0.717, 1.165) is 13.0 Å². The summed E-state index contributed by atoms with van der Waals surface area (Å²) < 4.78 is 0. The highest BCUT2D eigenvalue weighted by molar-refractivity contribution is 5.39. The SMILES string of the molecule is c1ccc(C2(c3ccccc3)ONN3CCCC32)cc1. The fourth-order valence-electron chi connectivity index (χ4n) is 3.54. The summed E-state index contributed by atoms with van der Waals surface area (Å²) in [7, 11) is 0. The van der Waals surface area contributed by atoms with Crippen molar-refractivity contribution in [2.75, 3.05) is 6.54 Å². The van der Waals surface area contributed by atoms with Crippen molar-refractivity contribution in [1.82, 2.24) is 10.6 Å². The highest BCUT2D eigenvalue weighted by Crippen LogP contribution is 2.45. The Morgan fingerprint density at radius 3 is 2.15 bits per heavy atom. The largest absolute Gasteiger partial charge is 0.269 e. The van der Waals surface area contributed by atoms with Gasteiger partial charge >= 0.3 is 0 Å². The van der Waals surface area contributed by atoms with Crippen LogP contribution in [0.15, 0.2) is 60.7 Å². The second-order valence-corrected chi connectivity index (χ2v) is 5.51. The summed E-state index contributed by atoms with van der Waals surface area (Å²) in [4.78, 5) is 6.16. The predicted octanol–water partition coefficient (Wildman–Crippen LogP) is 2.84. The normalized spacial score (nSPS) is 24.7. The van der Waals surface area contributed by atoms with Crippen molar-refractivity contribution in [3.05, 3.63) is 71.8 Å². The number of nitrogens with one attached hydrogen (secondary N) is 1. The average molecular weight is 266 g/mol. The first-order valence-electron chi connectivity index (χ1n) is 7.22. The molecule has 1 atom stereocenters. The van der Waals surface area contributed by atoms with Crippen LogP contribution in [0.4, 0.5) is 0 Å². The van der Waals surface area contributed by atoms with E-state index in [1.165, 1.54) is 17.5 Å². The third-order valence-corrected chi connectivity index (χ3v) is 4.45. The van der Waals surface area contributed by atoms with Gasteiger partial charge in [-0.25, -0.2) is 5.01 Å². The Labute approximate surface area is 119 Å². The van der Waals surface area contributed by atoms with Gasteiger partial charge in [-0.3, -0.25) is 4.84 Å². The molecule has 0 spiro atoms. The van der Waals surface area contributed by atoms with E-state index in [2.05, 4.69) is 71.3 Å². The molecule has 3 nitrogen and oxygen atoms in total. The van der Waals surface area contributed by atoms with Crippen molar-refractivity contribution in [1.29, 1.82) is 0 Å². The minimum absolute atomic E-state index is 0.354. The fourth-order valence-corrected chi connectivity index (χ4v) is 3.54. The Balaban J connectivity index is 1.90. The fraction of sp³-hybridized carbons (Fsp3) is 0.294. The second kappa shape index (κ2) is 4.70. The van der Waals surface area contributed by atoms with E-state index in [-0.39, 0.29) is 0 Å². The molecule has 2 aliphatic rings. The zero-order chi connectivity index (χ0) is 13.4. The summed E-state index contributed by atoms with van der Waals surface area (Å²) in [5, 5.41) is 2.24. The van der Waals surface area contributed by atoms with Crippen LogP contribution in [0, 0.1) is 0 Å². The van der Waals surface area contributed by atoms with Gasteiger partial charge < -0.3 is 0 Å². The minimum atomic E-state index is -0.404. The molecule has 0 bridgehead atoms. The molecule has 2 heterocycles. The van der Waals surface area contributed by atoms with E-state index in [1.54, 1.807) is 0 Å². The first-order chi connectivity index (χ1) is 9.91. The lowest BCUT2D eigenvalue weighted by Gasteiger charge is -2.32. The Hall–Kier alpha value is -1.68. The monoisotopic (exact) mass is 266 g/mol. The molecular weight excluding hydrogens is 248 g/mol. The van der Waals surface area contributed by atoms with Crippen LogP contribution in [0.5, 0.6) is 0 Å². The smallest absolute Gasteiger partial charge is 0.158 e. The molecule has 3 heteroatoms. The number of benzene rings is 2. The molecule has 102 valence electrons. The van der Waals surface area contributed by atoms with Gasteiger partial charge in [-0.1, -0.05) is 60.7 Å². The van der Waals surface area contributed by atoms with Gasteiger partial charge in [-0.05, 0) is 24.0 Å². The molecule has 2 saturated heterocycles. The summed E-state index contributed by atoms with van der Waals surface area (Å²) in [6.45, 7) is 1.05. The summed E-state index contributed by atoms with van der Waals surface area (Å²) in [6, 6.07) is 21.4. The van der Waals surface area contributed by atoms with Gasteiger partial charge in [0, 0.05) is 6.54 Å². The molecule has 1 unspecified atom stereocenters. The van der Waals surface area contributed by atoms with E-state index in [1.807, 2.05) is 0 Å². The summed E-state index contributed by atoms with van der Waals surface area (Å²) in [5.74, 6) is 0. The highest BCUT2D eigenvalue weighted by Gasteiger charge is 2.53. The van der Waals surface area contributed by atoms with Gasteiger partial charge in [0.2, 0.25) is 0 Å². The van der Waals surface area contributed by atoms with E-state index >= 15 is 0 Å². The maximum atomic E-state index is 6.16. The van der Waals surface area contributed by atoms with Gasteiger partial charge in [-0.15, -0.1) is 5.59 Å². The van der Waals surface area contributed by atoms with Crippen molar-refractivity contribution >= 4 is 0 Å². The Kier molecular flexibility index (Phi) is 2.84. The lowest BCUT2D eigenvalue weighted by atomic mass is 9.79. The minimum Gasteiger partial charge on any atom is -0.269 e. The molecule has 0 amide bonds. The van der Waals surface area contributed by atoms with Crippen LogP contribution in [0.1, 0.15) is 24.0 Å². The van der Waals surface area contributed by atoms with Gasteiger partial charge in [-0.2, -0.15) is 0 Å². The lowest BCUT2D eigenvalue weighted by Crippen LogP contribution is -2.41. The Morgan fingerprint density at radius 2 is 1.55 bits per heavy atom. The molecular formula is C17H18N2O. The summed E-state index contributed by atoms with van der Waals surface area (Å²) in [5.41, 5.74) is 5.17. The quantitative estimate of drug-likeness (QED) is 0.904. The van der Waals surface area contributed by atoms with Gasteiger partial charge in [0.1, 0.15) is 0 Å². The second-order valence-electron chi connectivity index (χ2n) is 5.51. The zero-order valence-corrected chi connectivity index (χ0v) is 11.3. The molecule has 0 radical (unpaired) electrons. The van der Waals surface area contributed by atoms with Crippen LogP contribution in [-0.4, -0.2) is 17.6 Å². The van der Waals surface area contributed by atoms with Gasteiger partial charge in [0.15, 0.2) is 5.60 Å². The first-order valence-corrected chi connectivity index (χ1v) is 7.22. The van der Waals surface area contributed by atoms with E-state index < -0.39 is 5.60 Å². The maximum Gasteiger partial charge on any atom is 0.158 e. The van der Waals surface area contributed by atoms with Crippen molar-refractivity contribution in [2.45, 2.75) is 24.5 Å². The van der Waals surface area contributed by atoms with Crippen molar-refractivity contribution in [3.8, 4) is 0 Å². The third-order valence-electron chi connectivity index (χ3n) is 4.45. The lowest BCUT2D eigenvalue weighted by molar-refractivity contribution is -0.0631. The molecule has 2 aromatic rings. The van der Waals surface area contributed by atoms with Crippen LogP contribution in [0.25, 0.3) is 0 Å². The van der Waals surface area contributed by atoms with Gasteiger partial charge in [0.25, 0.3) is 0 Å². The molecule has 1 N–H and O–H groups in total. The average Bonchev–Trinajstić information content (AvgIpc) is 3.11. The molecule has 2 fully saturated rings. The summed E-state index contributed by atoms with van der Waals surface area (Å²) >= 11 is 0. The third kappa shape index (κ3) is 1.64. The van der Waals surface area contributed by atoms with Crippen LogP contribution in [-0.2, 0) is 10.4 Å². The summed E-state index contributed by atoms with van der Waals surface area (Å²) in [6.07, 6.45) is 2.36. The highest BCUT2D eigenvalue weighted by atomic mass is 16.7. The number of rotatable bonds is 2. The zero-order valence-electron chi connectivity index (χ0n) is 11.3. The van der Waals surface area contributed by atoms with Crippen molar-refractivity contribution in [2.24, 2.45) is 0 Å². The number of hydrogen-bond donors (Lipinski definition) is 1. The predicted molar refractivity (Wildman–Crippen MR) is 77.6 cm³/mol. The van der Waals surface area contributed by atoms with Crippen molar-refractivity contribution in [3.63, 3.8) is 0 Å². The number of hydrogen-bond acceptors (Lipinski definition) is 3. The number of fused-ring (bicyclic) bond motifs is 1. The van der Waals surface area contributed by atoms with E-state index in [0.29, 0.717) is 6.04 Å². The van der Waals surface area contributed by atoms with E-state index in [4.69, 9.17) is 4.84 Å². The molecule has 0 aliphatic carbocycles. The number of nitrogens with zero attached hydrogens (tertiary/aromatic N) is 1. The van der Waals surface area contributed by atoms with Crippen LogP contribution >= 0.6 is 0 Å². The molecule has 4 rings (SSSR count). The standard InChI is InChI=1S/C17H18N2O/c1-3-8-14(9-4-1)17(15-10-5-2-6-11-15)16-12-7-13-19(16)18-20-17/h1-6,8-11,16,18H,7,12-13H2. The Bertz CT molecular complexity index is 545. The van der Waals surface area contributed by atoms with Crippen molar-refractivity contribution < 1.29 is 4.84 Å². The number of hydrazine groups is 1. The van der Waals surface area contributed by atoms with E-state index in [9.17, 15) is 0 Å². The van der Waals surface area contributed by atoms with Crippen LogP contribution < -0.4 is 5.59 Å². The molecule has 20 heavy (non-hydrogen) atoms. The molecule has 0 aromatic heterocycles. The maximum absolute atomic E-state index is 6.16. The van der Waals surface area contributed by atoms with Gasteiger partial charge in [0.05, 0.1) is 6.04 Å². The van der Waals surface area contributed by atoms with Crippen LogP contribution in [0.2, 0.25) is 0 Å². The first kappa shape index (κ1) is 12.1. The Morgan fingerprint density at radius 1 is 0.950 bits per heavy atom. The van der Waals surface area contributed by atoms with Crippen LogP contribution in [0.3, 0.4) is 0 Å². The molecule has 0 saturated carbocycles. The topological polar surface area (TPSA) is 24.5 Å². The molecule has 2 aliphatic heterocycles. The molecule has 2 aromatic carbocycles.